The first-order chi connectivity index (χ1) is 11.5. The van der Waals surface area contributed by atoms with Crippen molar-refractivity contribution in [2.24, 2.45) is 0 Å². The smallest absolute Gasteiger partial charge is 0.227 e. The molecule has 0 aromatic heterocycles. The Kier molecular flexibility index (Phi) is 4.71. The molecule has 1 amide bonds. The third-order valence-electron chi connectivity index (χ3n) is 4.47. The Morgan fingerprint density at radius 1 is 1.08 bits per heavy atom. The van der Waals surface area contributed by atoms with Crippen LogP contribution in [-0.2, 0) is 21.1 Å². The quantitative estimate of drug-likeness (QED) is 0.860. The van der Waals surface area contributed by atoms with Crippen LogP contribution in [0.1, 0.15) is 21.9 Å². The molecule has 0 bridgehead atoms. The maximum atomic E-state index is 12.6. The Morgan fingerprint density at radius 2 is 1.75 bits per heavy atom. The number of hydrogen-bond acceptors (Lipinski definition) is 3. The lowest BCUT2D eigenvalue weighted by Crippen LogP contribution is -2.46. The molecule has 1 saturated heterocycles. The normalized spacial score (nSPS) is 19.9. The van der Waals surface area contributed by atoms with Crippen LogP contribution in [0, 0.1) is 6.92 Å². The van der Waals surface area contributed by atoms with E-state index in [1.807, 2.05) is 61.5 Å². The van der Waals surface area contributed by atoms with Crippen molar-refractivity contribution in [3.8, 4) is 0 Å². The number of carbonyl (C=O) groups excluding carboxylic acids is 1. The van der Waals surface area contributed by atoms with Crippen molar-refractivity contribution < 1.29 is 13.2 Å². The van der Waals surface area contributed by atoms with Gasteiger partial charge in [-0.05, 0) is 18.1 Å². The second-order valence-corrected chi connectivity index (χ2v) is 8.57. The van der Waals surface area contributed by atoms with E-state index in [0.717, 1.165) is 16.7 Å². The predicted molar refractivity (Wildman–Crippen MR) is 94.4 cm³/mol. The Morgan fingerprint density at radius 3 is 2.42 bits per heavy atom. The summed E-state index contributed by atoms with van der Waals surface area (Å²) in [6, 6.07) is 17.0. The average Bonchev–Trinajstić information content (AvgIpc) is 2.57. The molecule has 0 aliphatic carbocycles. The maximum absolute atomic E-state index is 12.6. The highest BCUT2D eigenvalue weighted by Crippen LogP contribution is 2.28. The fourth-order valence-electron chi connectivity index (χ4n) is 2.98. The van der Waals surface area contributed by atoms with Gasteiger partial charge >= 0.3 is 0 Å². The van der Waals surface area contributed by atoms with Crippen molar-refractivity contribution in [3.05, 3.63) is 71.3 Å². The zero-order chi connectivity index (χ0) is 17.2. The van der Waals surface area contributed by atoms with Crippen molar-refractivity contribution in [2.45, 2.75) is 18.6 Å². The van der Waals surface area contributed by atoms with E-state index in [-0.39, 0.29) is 24.7 Å². The molecule has 1 fully saturated rings. The highest BCUT2D eigenvalue weighted by molar-refractivity contribution is 7.91. The number of hydrogen-bond donors (Lipinski definition) is 0. The lowest BCUT2D eigenvalue weighted by atomic mass is 10.1. The van der Waals surface area contributed by atoms with E-state index < -0.39 is 15.1 Å². The fraction of sp³-hybridized carbons (Fsp3) is 0.316. The SMILES string of the molecule is Cc1ccc(CC(=O)N2CCS(=O)(=O)C(c3ccccc3)C2)cc1. The van der Waals surface area contributed by atoms with Crippen LogP contribution < -0.4 is 0 Å². The lowest BCUT2D eigenvalue weighted by molar-refractivity contribution is -0.130. The molecular formula is C19H21NO3S. The van der Waals surface area contributed by atoms with E-state index >= 15 is 0 Å². The van der Waals surface area contributed by atoms with Gasteiger partial charge < -0.3 is 4.90 Å². The van der Waals surface area contributed by atoms with E-state index in [2.05, 4.69) is 0 Å². The Hall–Kier alpha value is -2.14. The van der Waals surface area contributed by atoms with Gasteiger partial charge in [-0.25, -0.2) is 8.42 Å². The third kappa shape index (κ3) is 3.67. The summed E-state index contributed by atoms with van der Waals surface area (Å²) in [5, 5.41) is -0.630. The first-order valence-corrected chi connectivity index (χ1v) is 9.77. The van der Waals surface area contributed by atoms with Gasteiger partial charge in [-0.2, -0.15) is 0 Å². The molecule has 1 aliphatic rings. The standard InChI is InChI=1S/C19H21NO3S/c1-15-7-9-16(10-8-15)13-19(21)20-11-12-24(22,23)18(14-20)17-5-3-2-4-6-17/h2-10,18H,11-14H2,1H3. The fourth-order valence-corrected chi connectivity index (χ4v) is 4.72. The Bertz CT molecular complexity index is 813. The molecule has 1 heterocycles. The van der Waals surface area contributed by atoms with Gasteiger partial charge in [0.05, 0.1) is 12.2 Å². The van der Waals surface area contributed by atoms with Crippen LogP contribution >= 0.6 is 0 Å². The maximum Gasteiger partial charge on any atom is 0.227 e. The van der Waals surface area contributed by atoms with Gasteiger partial charge in [0.15, 0.2) is 9.84 Å². The van der Waals surface area contributed by atoms with Crippen LogP contribution in [0.3, 0.4) is 0 Å². The molecule has 3 rings (SSSR count). The summed E-state index contributed by atoms with van der Waals surface area (Å²) in [7, 11) is -3.22. The van der Waals surface area contributed by atoms with Gasteiger partial charge in [-0.3, -0.25) is 4.79 Å². The van der Waals surface area contributed by atoms with Crippen LogP contribution in [0.25, 0.3) is 0 Å². The van der Waals surface area contributed by atoms with E-state index in [4.69, 9.17) is 0 Å². The van der Waals surface area contributed by atoms with E-state index in [1.54, 1.807) is 4.90 Å². The minimum Gasteiger partial charge on any atom is -0.340 e. The molecule has 1 unspecified atom stereocenters. The van der Waals surface area contributed by atoms with Crippen molar-refractivity contribution in [1.29, 1.82) is 0 Å². The molecule has 1 atom stereocenters. The number of sulfone groups is 1. The molecule has 0 N–H and O–H groups in total. The van der Waals surface area contributed by atoms with Crippen molar-refractivity contribution in [2.75, 3.05) is 18.8 Å². The zero-order valence-corrected chi connectivity index (χ0v) is 14.5. The van der Waals surface area contributed by atoms with Crippen LogP contribution in [-0.4, -0.2) is 38.1 Å². The molecular weight excluding hydrogens is 322 g/mol. The van der Waals surface area contributed by atoms with Gasteiger partial charge in [0, 0.05) is 13.1 Å². The van der Waals surface area contributed by atoms with Crippen molar-refractivity contribution >= 4 is 15.7 Å². The van der Waals surface area contributed by atoms with Gasteiger partial charge in [0.2, 0.25) is 5.91 Å². The first-order valence-electron chi connectivity index (χ1n) is 8.05. The van der Waals surface area contributed by atoms with Gasteiger partial charge in [-0.15, -0.1) is 0 Å². The summed E-state index contributed by atoms with van der Waals surface area (Å²) >= 11 is 0. The molecule has 0 saturated carbocycles. The van der Waals surface area contributed by atoms with E-state index in [9.17, 15) is 13.2 Å². The monoisotopic (exact) mass is 343 g/mol. The van der Waals surface area contributed by atoms with Crippen molar-refractivity contribution in [1.82, 2.24) is 4.90 Å². The topological polar surface area (TPSA) is 54.5 Å². The lowest BCUT2D eigenvalue weighted by Gasteiger charge is -2.33. The number of nitrogens with zero attached hydrogens (tertiary/aromatic N) is 1. The summed E-state index contributed by atoms with van der Waals surface area (Å²) in [6.07, 6.45) is 0.307. The molecule has 2 aromatic carbocycles. The van der Waals surface area contributed by atoms with Crippen molar-refractivity contribution in [3.63, 3.8) is 0 Å². The zero-order valence-electron chi connectivity index (χ0n) is 13.7. The minimum atomic E-state index is -3.22. The molecule has 5 heteroatoms. The molecule has 24 heavy (non-hydrogen) atoms. The number of amides is 1. The van der Waals surface area contributed by atoms with Crippen LogP contribution in [0.2, 0.25) is 0 Å². The van der Waals surface area contributed by atoms with E-state index in [0.29, 0.717) is 6.42 Å². The van der Waals surface area contributed by atoms with Gasteiger partial charge in [-0.1, -0.05) is 60.2 Å². The summed E-state index contributed by atoms with van der Waals surface area (Å²) in [4.78, 5) is 14.3. The summed E-state index contributed by atoms with van der Waals surface area (Å²) in [6.45, 7) is 2.51. The van der Waals surface area contributed by atoms with Crippen LogP contribution in [0.5, 0.6) is 0 Å². The largest absolute Gasteiger partial charge is 0.340 e. The molecule has 0 radical (unpaired) electrons. The second-order valence-electron chi connectivity index (χ2n) is 6.27. The molecule has 1 aliphatic heterocycles. The summed E-state index contributed by atoms with van der Waals surface area (Å²) in [5.74, 6) is 0.00123. The summed E-state index contributed by atoms with van der Waals surface area (Å²) < 4.78 is 24.8. The summed E-state index contributed by atoms with van der Waals surface area (Å²) in [5.41, 5.74) is 2.86. The predicted octanol–water partition coefficient (Wildman–Crippen LogP) is 2.54. The Labute approximate surface area is 143 Å². The van der Waals surface area contributed by atoms with Gasteiger partial charge in [0.25, 0.3) is 0 Å². The molecule has 4 nitrogen and oxygen atoms in total. The molecule has 2 aromatic rings. The average molecular weight is 343 g/mol. The number of rotatable bonds is 3. The van der Waals surface area contributed by atoms with E-state index in [1.165, 1.54) is 0 Å². The number of aryl methyl sites for hydroxylation is 1. The van der Waals surface area contributed by atoms with Crippen LogP contribution in [0.4, 0.5) is 0 Å². The highest BCUT2D eigenvalue weighted by Gasteiger charge is 2.35. The molecule has 0 spiro atoms. The second kappa shape index (κ2) is 6.77. The first kappa shape index (κ1) is 16.7. The van der Waals surface area contributed by atoms with Crippen LogP contribution in [0.15, 0.2) is 54.6 Å². The minimum absolute atomic E-state index is 0.0188. The Balaban J connectivity index is 1.75. The number of carbonyl (C=O) groups is 1. The third-order valence-corrected chi connectivity index (χ3v) is 6.51. The number of benzene rings is 2. The van der Waals surface area contributed by atoms with Gasteiger partial charge in [0.1, 0.15) is 5.25 Å². The molecule has 126 valence electrons. The highest BCUT2D eigenvalue weighted by atomic mass is 32.2.